The first kappa shape index (κ1) is 22.4. The van der Waals surface area contributed by atoms with E-state index in [2.05, 4.69) is 20.0 Å². The Balaban J connectivity index is 1.44. The summed E-state index contributed by atoms with van der Waals surface area (Å²) in [5.41, 5.74) is 1.21. The zero-order valence-electron chi connectivity index (χ0n) is 17.7. The number of halogens is 1. The van der Waals surface area contributed by atoms with E-state index in [1.165, 1.54) is 23.8 Å². The van der Waals surface area contributed by atoms with Gasteiger partial charge in [-0.25, -0.2) is 17.5 Å². The van der Waals surface area contributed by atoms with Crippen molar-refractivity contribution in [3.05, 3.63) is 60.4 Å². The number of nitrogens with one attached hydrogen (secondary N) is 1. The molecule has 33 heavy (non-hydrogen) atoms. The highest BCUT2D eigenvalue weighted by atomic mass is 32.2. The Morgan fingerprint density at radius 1 is 1.00 bits per heavy atom. The van der Waals surface area contributed by atoms with Crippen molar-refractivity contribution in [2.24, 2.45) is 0 Å². The van der Waals surface area contributed by atoms with E-state index >= 15 is 0 Å². The van der Waals surface area contributed by atoms with Gasteiger partial charge in [0.2, 0.25) is 15.9 Å². The number of sulfonamides is 1. The number of hydrogen-bond acceptors (Lipinski definition) is 8. The molecule has 0 aliphatic heterocycles. The van der Waals surface area contributed by atoms with E-state index in [4.69, 9.17) is 14.2 Å². The molecule has 172 valence electrons. The summed E-state index contributed by atoms with van der Waals surface area (Å²) in [6.07, 6.45) is 0. The van der Waals surface area contributed by atoms with Gasteiger partial charge < -0.3 is 14.2 Å². The molecule has 4 aromatic rings. The molecule has 0 unspecified atom stereocenters. The van der Waals surface area contributed by atoms with Gasteiger partial charge in [0.05, 0.1) is 24.7 Å². The van der Waals surface area contributed by atoms with E-state index in [0.29, 0.717) is 22.8 Å². The lowest BCUT2D eigenvalue weighted by molar-refractivity contribution is 0.306. The van der Waals surface area contributed by atoms with Gasteiger partial charge in [0, 0.05) is 12.6 Å². The van der Waals surface area contributed by atoms with Gasteiger partial charge in [-0.1, -0.05) is 12.1 Å². The number of aromatic nitrogens is 4. The second kappa shape index (κ2) is 9.38. The van der Waals surface area contributed by atoms with Crippen LogP contribution < -0.4 is 18.9 Å². The minimum Gasteiger partial charge on any atom is -0.496 e. The molecule has 0 spiro atoms. The van der Waals surface area contributed by atoms with E-state index in [-0.39, 0.29) is 29.7 Å². The smallest absolute Gasteiger partial charge is 0.240 e. The summed E-state index contributed by atoms with van der Waals surface area (Å²) < 4.78 is 58.2. The number of ether oxygens (including phenoxy) is 3. The molecule has 1 N–H and O–H groups in total. The highest BCUT2D eigenvalue weighted by Crippen LogP contribution is 2.28. The molecule has 2 heterocycles. The largest absolute Gasteiger partial charge is 0.496 e. The zero-order chi connectivity index (χ0) is 23.4. The third kappa shape index (κ3) is 4.71. The fourth-order valence-corrected chi connectivity index (χ4v) is 4.10. The van der Waals surface area contributed by atoms with Crippen molar-refractivity contribution in [3.63, 3.8) is 0 Å². The standard InChI is InChI=1S/C21H20FN5O5S/c1-30-17-6-4-3-5-15(17)21-25-24-19-9-10-20(26-27(19)21)32-12-11-23-33(28,29)14-7-8-18(31-2)16(22)13-14/h3-10,13,23H,11-12H2,1-2H3. The van der Waals surface area contributed by atoms with Crippen LogP contribution in [-0.2, 0) is 10.0 Å². The highest BCUT2D eigenvalue weighted by molar-refractivity contribution is 7.89. The first-order chi connectivity index (χ1) is 15.9. The summed E-state index contributed by atoms with van der Waals surface area (Å²) in [5.74, 6) is 0.515. The molecule has 10 nitrogen and oxygen atoms in total. The number of rotatable bonds is 9. The predicted octanol–water partition coefficient (Wildman–Crippen LogP) is 2.30. The van der Waals surface area contributed by atoms with Crippen molar-refractivity contribution >= 4 is 15.7 Å². The van der Waals surface area contributed by atoms with E-state index in [1.54, 1.807) is 25.3 Å². The number of methoxy groups -OCH3 is 2. The van der Waals surface area contributed by atoms with E-state index in [1.807, 2.05) is 18.2 Å². The van der Waals surface area contributed by atoms with Crippen molar-refractivity contribution in [2.45, 2.75) is 4.90 Å². The normalized spacial score (nSPS) is 11.5. The van der Waals surface area contributed by atoms with E-state index < -0.39 is 15.8 Å². The predicted molar refractivity (Wildman–Crippen MR) is 116 cm³/mol. The third-order valence-corrected chi connectivity index (χ3v) is 6.12. The lowest BCUT2D eigenvalue weighted by Crippen LogP contribution is -2.28. The van der Waals surface area contributed by atoms with Crippen molar-refractivity contribution in [3.8, 4) is 28.8 Å². The van der Waals surface area contributed by atoms with Crippen LogP contribution in [0, 0.1) is 5.82 Å². The molecule has 0 saturated carbocycles. The van der Waals surface area contributed by atoms with Crippen molar-refractivity contribution in [2.75, 3.05) is 27.4 Å². The minimum atomic E-state index is -3.92. The number of para-hydroxylation sites is 1. The Morgan fingerprint density at radius 2 is 1.79 bits per heavy atom. The first-order valence-corrected chi connectivity index (χ1v) is 11.2. The number of hydrogen-bond donors (Lipinski definition) is 1. The molecular weight excluding hydrogens is 453 g/mol. The van der Waals surface area contributed by atoms with Crippen molar-refractivity contribution in [1.29, 1.82) is 0 Å². The average Bonchev–Trinajstić information content (AvgIpc) is 3.25. The van der Waals surface area contributed by atoms with Crippen LogP contribution in [0.4, 0.5) is 4.39 Å². The van der Waals surface area contributed by atoms with Gasteiger partial charge in [-0.15, -0.1) is 15.3 Å². The Labute approximate surface area is 189 Å². The summed E-state index contributed by atoms with van der Waals surface area (Å²) in [7, 11) is -1.06. The number of nitrogens with zero attached hydrogens (tertiary/aromatic N) is 4. The SMILES string of the molecule is COc1ccc(S(=O)(=O)NCCOc2ccc3nnc(-c4ccccc4OC)n3n2)cc1F. The molecule has 0 aliphatic rings. The second-order valence-corrected chi connectivity index (χ2v) is 8.48. The molecular formula is C21H20FN5O5S. The number of benzene rings is 2. The van der Waals surface area contributed by atoms with Crippen LogP contribution in [0.5, 0.6) is 17.4 Å². The first-order valence-electron chi connectivity index (χ1n) is 9.75. The molecule has 0 amide bonds. The molecule has 12 heteroatoms. The minimum absolute atomic E-state index is 0.0114. The van der Waals surface area contributed by atoms with Crippen molar-refractivity contribution < 1.29 is 27.0 Å². The second-order valence-electron chi connectivity index (χ2n) is 6.71. The Kier molecular flexibility index (Phi) is 6.38. The van der Waals surface area contributed by atoms with Crippen LogP contribution in [0.15, 0.2) is 59.5 Å². The van der Waals surface area contributed by atoms with Crippen molar-refractivity contribution in [1.82, 2.24) is 24.5 Å². The van der Waals surface area contributed by atoms with Gasteiger partial charge in [0.25, 0.3) is 0 Å². The summed E-state index contributed by atoms with van der Waals surface area (Å²) in [5, 5.41) is 12.7. The summed E-state index contributed by atoms with van der Waals surface area (Å²) in [6, 6.07) is 14.0. The molecule has 0 atom stereocenters. The topological polar surface area (TPSA) is 117 Å². The Bertz CT molecular complexity index is 1390. The lowest BCUT2D eigenvalue weighted by atomic mass is 10.2. The van der Waals surface area contributed by atoms with E-state index in [9.17, 15) is 12.8 Å². The fraction of sp³-hybridized carbons (Fsp3) is 0.190. The van der Waals surface area contributed by atoms with Crippen LogP contribution in [0.1, 0.15) is 0 Å². The molecule has 4 rings (SSSR count). The van der Waals surface area contributed by atoms with Crippen LogP contribution in [0.3, 0.4) is 0 Å². The summed E-state index contributed by atoms with van der Waals surface area (Å²) >= 11 is 0. The monoisotopic (exact) mass is 473 g/mol. The van der Waals surface area contributed by atoms with Crippen LogP contribution >= 0.6 is 0 Å². The van der Waals surface area contributed by atoms with Gasteiger partial charge in [0.1, 0.15) is 12.4 Å². The molecule has 0 saturated heterocycles. The molecule has 0 fully saturated rings. The molecule has 2 aromatic carbocycles. The molecule has 0 bridgehead atoms. The van der Waals surface area contributed by atoms with Crippen LogP contribution in [0.25, 0.3) is 17.0 Å². The van der Waals surface area contributed by atoms with Gasteiger partial charge >= 0.3 is 0 Å². The van der Waals surface area contributed by atoms with E-state index in [0.717, 1.165) is 6.07 Å². The van der Waals surface area contributed by atoms with Crippen LogP contribution in [0.2, 0.25) is 0 Å². The Morgan fingerprint density at radius 3 is 2.55 bits per heavy atom. The zero-order valence-corrected chi connectivity index (χ0v) is 18.5. The van der Waals surface area contributed by atoms with Gasteiger partial charge in [-0.3, -0.25) is 0 Å². The average molecular weight is 473 g/mol. The van der Waals surface area contributed by atoms with Gasteiger partial charge in [-0.05, 0) is 36.4 Å². The number of fused-ring (bicyclic) bond motifs is 1. The molecule has 2 aromatic heterocycles. The highest BCUT2D eigenvalue weighted by Gasteiger charge is 2.17. The lowest BCUT2D eigenvalue weighted by Gasteiger charge is -2.10. The van der Waals surface area contributed by atoms with Gasteiger partial charge in [0.15, 0.2) is 23.0 Å². The van der Waals surface area contributed by atoms with Gasteiger partial charge in [-0.2, -0.15) is 4.52 Å². The molecule has 0 radical (unpaired) electrons. The maximum absolute atomic E-state index is 13.8. The third-order valence-electron chi connectivity index (χ3n) is 4.66. The Hall–Kier alpha value is -3.77. The fourth-order valence-electron chi connectivity index (χ4n) is 3.08. The summed E-state index contributed by atoms with van der Waals surface area (Å²) in [4.78, 5) is -0.216. The maximum Gasteiger partial charge on any atom is 0.240 e. The molecule has 0 aliphatic carbocycles. The maximum atomic E-state index is 13.8. The summed E-state index contributed by atoms with van der Waals surface area (Å²) in [6.45, 7) is -0.0697. The van der Waals surface area contributed by atoms with Crippen LogP contribution in [-0.4, -0.2) is 55.6 Å². The quantitative estimate of drug-likeness (QED) is 0.368.